The van der Waals surface area contributed by atoms with E-state index in [4.69, 9.17) is 4.74 Å². The predicted molar refractivity (Wildman–Crippen MR) is 106 cm³/mol. The van der Waals surface area contributed by atoms with E-state index in [1.165, 1.54) is 0 Å². The molecule has 1 aromatic carbocycles. The molecular formula is C24H28O4. The zero-order chi connectivity index (χ0) is 20.3. The summed E-state index contributed by atoms with van der Waals surface area (Å²) < 4.78 is 6.15. The number of Topliss-reactive ketones (excluding diaryl/α,β-unsaturated/α-hetero) is 3. The lowest BCUT2D eigenvalue weighted by molar-refractivity contribution is -0.140. The van der Waals surface area contributed by atoms with Crippen molar-refractivity contribution >= 4 is 17.3 Å². The van der Waals surface area contributed by atoms with Crippen LogP contribution in [0.1, 0.15) is 71.3 Å². The number of hydrogen-bond acceptors (Lipinski definition) is 4. The maximum Gasteiger partial charge on any atom is 0.163 e. The fraction of sp³-hybridized carbons (Fsp3) is 0.542. The average molecular weight is 380 g/mol. The predicted octanol–water partition coefficient (Wildman–Crippen LogP) is 4.77. The summed E-state index contributed by atoms with van der Waals surface area (Å²) in [7, 11) is 0. The summed E-state index contributed by atoms with van der Waals surface area (Å²) in [6, 6.07) is 7.53. The van der Waals surface area contributed by atoms with Gasteiger partial charge in [-0.15, -0.1) is 0 Å². The van der Waals surface area contributed by atoms with E-state index in [0.717, 1.165) is 12.0 Å². The molecule has 1 aliphatic heterocycles. The van der Waals surface area contributed by atoms with Crippen molar-refractivity contribution < 1.29 is 19.1 Å². The molecule has 4 rings (SSSR count). The Kier molecular flexibility index (Phi) is 4.36. The lowest BCUT2D eigenvalue weighted by Crippen LogP contribution is -2.43. The molecule has 148 valence electrons. The van der Waals surface area contributed by atoms with E-state index in [9.17, 15) is 14.4 Å². The number of rotatable bonds is 1. The van der Waals surface area contributed by atoms with Crippen LogP contribution in [0.3, 0.4) is 0 Å². The third-order valence-electron chi connectivity index (χ3n) is 6.40. The van der Waals surface area contributed by atoms with Gasteiger partial charge in [0.25, 0.3) is 0 Å². The largest absolute Gasteiger partial charge is 0.461 e. The molecule has 1 unspecified atom stereocenters. The van der Waals surface area contributed by atoms with Crippen LogP contribution in [-0.4, -0.2) is 17.3 Å². The molecular weight excluding hydrogens is 352 g/mol. The molecule has 3 aliphatic rings. The number of hydrogen-bond donors (Lipinski definition) is 0. The summed E-state index contributed by atoms with van der Waals surface area (Å²) in [5.41, 5.74) is 0.912. The van der Waals surface area contributed by atoms with Gasteiger partial charge in [0.05, 0.1) is 5.92 Å². The second-order valence-corrected chi connectivity index (χ2v) is 10.1. The highest BCUT2D eigenvalue weighted by atomic mass is 16.5. The van der Waals surface area contributed by atoms with Crippen LogP contribution in [0.25, 0.3) is 0 Å². The Hall–Kier alpha value is -2.23. The topological polar surface area (TPSA) is 60.4 Å². The van der Waals surface area contributed by atoms with Gasteiger partial charge in [0.15, 0.2) is 5.78 Å². The number of allylic oxidation sites excluding steroid dienone is 2. The molecule has 0 bridgehead atoms. The number of ether oxygens (including phenoxy) is 1. The standard InChI is InChI=1S/C24H28O4/c1-23(2)10-9-19-22(17(27)11-23)20(14-7-5-6-8-18(14)28-19)21-15(25)12-24(3,4)13-16(21)26/h5-8,20-21H,9-13H2,1-4H3. The first-order valence-corrected chi connectivity index (χ1v) is 10.2. The molecule has 4 nitrogen and oxygen atoms in total. The van der Waals surface area contributed by atoms with Crippen LogP contribution in [0.2, 0.25) is 0 Å². The third kappa shape index (κ3) is 3.23. The molecule has 4 heteroatoms. The highest BCUT2D eigenvalue weighted by Gasteiger charge is 2.49. The van der Waals surface area contributed by atoms with Crippen molar-refractivity contribution in [3.8, 4) is 5.75 Å². The zero-order valence-electron chi connectivity index (χ0n) is 17.1. The Morgan fingerprint density at radius 2 is 1.50 bits per heavy atom. The Morgan fingerprint density at radius 1 is 0.857 bits per heavy atom. The Balaban J connectivity index is 1.85. The lowest BCUT2D eigenvalue weighted by atomic mass is 9.64. The van der Waals surface area contributed by atoms with Crippen molar-refractivity contribution in [2.75, 3.05) is 0 Å². The minimum atomic E-state index is -0.784. The van der Waals surface area contributed by atoms with Crippen molar-refractivity contribution in [2.45, 2.75) is 65.7 Å². The first kappa shape index (κ1) is 19.1. The third-order valence-corrected chi connectivity index (χ3v) is 6.40. The van der Waals surface area contributed by atoms with E-state index < -0.39 is 11.8 Å². The van der Waals surface area contributed by atoms with Gasteiger partial charge >= 0.3 is 0 Å². The lowest BCUT2D eigenvalue weighted by Gasteiger charge is -2.38. The summed E-state index contributed by atoms with van der Waals surface area (Å²) >= 11 is 0. The molecule has 1 aromatic rings. The minimum Gasteiger partial charge on any atom is -0.461 e. The van der Waals surface area contributed by atoms with Crippen LogP contribution in [0.4, 0.5) is 0 Å². The average Bonchev–Trinajstić information content (AvgIpc) is 2.68. The number of carbonyl (C=O) groups is 3. The second-order valence-electron chi connectivity index (χ2n) is 10.1. The number of ketones is 3. The minimum absolute atomic E-state index is 0.0161. The van der Waals surface area contributed by atoms with Crippen molar-refractivity contribution in [1.29, 1.82) is 0 Å². The van der Waals surface area contributed by atoms with Crippen LogP contribution in [-0.2, 0) is 14.4 Å². The van der Waals surface area contributed by atoms with Crippen molar-refractivity contribution in [1.82, 2.24) is 0 Å². The molecule has 1 heterocycles. The van der Waals surface area contributed by atoms with Gasteiger partial charge in [-0.1, -0.05) is 45.9 Å². The number of benzene rings is 1. The monoisotopic (exact) mass is 380 g/mol. The molecule has 1 atom stereocenters. The van der Waals surface area contributed by atoms with Crippen LogP contribution < -0.4 is 4.74 Å². The number of para-hydroxylation sites is 1. The van der Waals surface area contributed by atoms with Gasteiger partial charge < -0.3 is 4.74 Å². The quantitative estimate of drug-likeness (QED) is 0.659. The number of fused-ring (bicyclic) bond motifs is 1. The number of carbonyl (C=O) groups excluding carboxylic acids is 3. The van der Waals surface area contributed by atoms with Gasteiger partial charge in [-0.25, -0.2) is 0 Å². The van der Waals surface area contributed by atoms with Crippen LogP contribution >= 0.6 is 0 Å². The highest BCUT2D eigenvalue weighted by Crippen LogP contribution is 2.51. The molecule has 1 fully saturated rings. The van der Waals surface area contributed by atoms with Gasteiger partial charge in [0.2, 0.25) is 0 Å². The summed E-state index contributed by atoms with van der Waals surface area (Å²) in [4.78, 5) is 39.6. The zero-order valence-corrected chi connectivity index (χ0v) is 17.1. The molecule has 2 aliphatic carbocycles. The van der Waals surface area contributed by atoms with E-state index in [-0.39, 0.29) is 28.2 Å². The molecule has 0 saturated heterocycles. The van der Waals surface area contributed by atoms with E-state index >= 15 is 0 Å². The maximum absolute atomic E-state index is 13.3. The molecule has 0 spiro atoms. The van der Waals surface area contributed by atoms with Crippen molar-refractivity contribution in [3.05, 3.63) is 41.2 Å². The first-order valence-electron chi connectivity index (χ1n) is 10.2. The van der Waals surface area contributed by atoms with E-state index in [2.05, 4.69) is 13.8 Å². The molecule has 0 aromatic heterocycles. The van der Waals surface area contributed by atoms with E-state index in [1.807, 2.05) is 38.1 Å². The first-order chi connectivity index (χ1) is 13.1. The summed E-state index contributed by atoms with van der Waals surface area (Å²) in [5, 5.41) is 0. The van der Waals surface area contributed by atoms with Gasteiger partial charge in [0.1, 0.15) is 23.1 Å². The van der Waals surface area contributed by atoms with Crippen LogP contribution in [0, 0.1) is 16.7 Å². The van der Waals surface area contributed by atoms with Gasteiger partial charge in [0, 0.05) is 42.7 Å². The SMILES string of the molecule is CC1(C)CCC2=C(C(=O)C1)C(C1C(=O)CC(C)(C)CC1=O)c1ccccc1O2. The van der Waals surface area contributed by atoms with E-state index in [1.54, 1.807) is 0 Å². The van der Waals surface area contributed by atoms with Gasteiger partial charge in [-0.2, -0.15) is 0 Å². The van der Waals surface area contributed by atoms with Gasteiger partial charge in [-0.3, -0.25) is 14.4 Å². The molecule has 0 N–H and O–H groups in total. The Bertz CT molecular complexity index is 883. The maximum atomic E-state index is 13.3. The van der Waals surface area contributed by atoms with Crippen molar-refractivity contribution in [2.24, 2.45) is 16.7 Å². The summed E-state index contributed by atoms with van der Waals surface area (Å²) in [6.45, 7) is 8.10. The fourth-order valence-corrected chi connectivity index (χ4v) is 5.06. The Morgan fingerprint density at radius 3 is 2.18 bits per heavy atom. The fourth-order valence-electron chi connectivity index (χ4n) is 5.06. The molecule has 28 heavy (non-hydrogen) atoms. The highest BCUT2D eigenvalue weighted by molar-refractivity contribution is 6.09. The Labute approximate surface area is 166 Å². The molecule has 0 radical (unpaired) electrons. The van der Waals surface area contributed by atoms with Crippen molar-refractivity contribution in [3.63, 3.8) is 0 Å². The van der Waals surface area contributed by atoms with Crippen LogP contribution in [0.5, 0.6) is 5.75 Å². The van der Waals surface area contributed by atoms with Crippen LogP contribution in [0.15, 0.2) is 35.6 Å². The summed E-state index contributed by atoms with van der Waals surface area (Å²) in [6.07, 6.45) is 2.64. The smallest absolute Gasteiger partial charge is 0.163 e. The molecule has 0 amide bonds. The second kappa shape index (κ2) is 6.40. The summed E-state index contributed by atoms with van der Waals surface area (Å²) in [5.74, 6) is -0.0563. The van der Waals surface area contributed by atoms with Gasteiger partial charge in [-0.05, 0) is 23.3 Å². The van der Waals surface area contributed by atoms with E-state index in [0.29, 0.717) is 42.8 Å². The molecule has 1 saturated carbocycles. The normalized spacial score (nSPS) is 27.0.